The number of rotatable bonds is 3. The van der Waals surface area contributed by atoms with Crippen LogP contribution in [0.1, 0.15) is 17.7 Å². The molecule has 3 N–H and O–H groups in total. The van der Waals surface area contributed by atoms with Crippen LogP contribution in [0.25, 0.3) is 0 Å². The molecule has 0 fully saturated rings. The zero-order valence-corrected chi connectivity index (χ0v) is 12.9. The number of nitrogens with one attached hydrogen (secondary N) is 2. The van der Waals surface area contributed by atoms with Crippen molar-refractivity contribution in [1.29, 1.82) is 0 Å². The fraction of sp³-hybridized carbons (Fsp3) is 0.286. The number of sulfonamides is 1. The van der Waals surface area contributed by atoms with Crippen LogP contribution in [-0.4, -0.2) is 24.4 Å². The first-order chi connectivity index (χ1) is 11.1. The van der Waals surface area contributed by atoms with Gasteiger partial charge in [0.05, 0.1) is 12.1 Å². The molecule has 0 unspecified atom stereocenters. The third kappa shape index (κ3) is 2.93. The number of aromatic amines is 1. The molecule has 2 aromatic rings. The van der Waals surface area contributed by atoms with Gasteiger partial charge < -0.3 is 10.1 Å². The highest BCUT2D eigenvalue weighted by atomic mass is 32.2. The van der Waals surface area contributed by atoms with E-state index in [1.165, 1.54) is 0 Å². The van der Waals surface area contributed by atoms with Gasteiger partial charge in [0.2, 0.25) is 0 Å². The minimum absolute atomic E-state index is 0.101. The lowest BCUT2D eigenvalue weighted by molar-refractivity contribution is -0.0133. The minimum atomic E-state index is -4.32. The molecule has 1 aliphatic carbocycles. The highest BCUT2D eigenvalue weighted by Crippen LogP contribution is 2.36. The number of phenolic OH excluding ortho intramolecular Hbond substituents is 1. The number of alkyl halides is 2. The number of H-pyrrole nitrogens is 1. The Hall–Kier alpha value is -2.23. The van der Waals surface area contributed by atoms with Crippen molar-refractivity contribution in [3.8, 4) is 5.75 Å². The van der Waals surface area contributed by atoms with E-state index in [2.05, 4.69) is 4.98 Å². The van der Waals surface area contributed by atoms with Crippen molar-refractivity contribution in [2.24, 2.45) is 0 Å². The van der Waals surface area contributed by atoms with Crippen LogP contribution in [0.4, 0.5) is 23.2 Å². The normalized spacial score (nSPS) is 16.7. The Labute approximate surface area is 134 Å². The first-order valence-corrected chi connectivity index (χ1v) is 8.35. The van der Waals surface area contributed by atoms with Gasteiger partial charge in [-0.25, -0.2) is 26.0 Å². The Morgan fingerprint density at radius 2 is 1.92 bits per heavy atom. The van der Waals surface area contributed by atoms with Gasteiger partial charge in [0.15, 0.2) is 17.4 Å². The maximum atomic E-state index is 13.7. The molecule has 3 rings (SSSR count). The predicted octanol–water partition coefficient (Wildman–Crippen LogP) is 2.92. The molecule has 0 amide bonds. The lowest BCUT2D eigenvalue weighted by atomic mass is 9.95. The molecular weight excluding hydrogens is 352 g/mol. The number of phenols is 1. The topological polar surface area (TPSA) is 82.2 Å². The molecule has 0 saturated heterocycles. The molecule has 0 saturated carbocycles. The Morgan fingerprint density at radius 1 is 1.21 bits per heavy atom. The summed E-state index contributed by atoms with van der Waals surface area (Å²) in [4.78, 5) is 2.21. The van der Waals surface area contributed by atoms with Crippen LogP contribution in [0.5, 0.6) is 5.75 Å². The molecule has 24 heavy (non-hydrogen) atoms. The first-order valence-electron chi connectivity index (χ1n) is 6.87. The molecule has 10 heteroatoms. The van der Waals surface area contributed by atoms with E-state index in [-0.39, 0.29) is 22.6 Å². The molecule has 0 spiro atoms. The van der Waals surface area contributed by atoms with Gasteiger partial charge in [0.25, 0.3) is 15.9 Å². The summed E-state index contributed by atoms with van der Waals surface area (Å²) >= 11 is 0. The maximum Gasteiger partial charge on any atom is 0.263 e. The average Bonchev–Trinajstić information content (AvgIpc) is 2.86. The third-order valence-electron chi connectivity index (χ3n) is 3.79. The van der Waals surface area contributed by atoms with E-state index in [9.17, 15) is 26.0 Å². The summed E-state index contributed by atoms with van der Waals surface area (Å²) in [6.07, 6.45) is -0.222. The second-order valence-electron chi connectivity index (χ2n) is 5.53. The summed E-state index contributed by atoms with van der Waals surface area (Å²) in [6.45, 7) is 0. The maximum absolute atomic E-state index is 13.7. The molecule has 0 atom stereocenters. The zero-order valence-electron chi connectivity index (χ0n) is 12.0. The number of hydrogen-bond donors (Lipinski definition) is 3. The molecule has 1 aromatic carbocycles. The lowest BCUT2D eigenvalue weighted by Gasteiger charge is -2.22. The number of aromatic hydroxyl groups is 1. The summed E-state index contributed by atoms with van der Waals surface area (Å²) in [5, 5.41) is 9.05. The van der Waals surface area contributed by atoms with Crippen molar-refractivity contribution in [1.82, 2.24) is 4.98 Å². The largest absolute Gasteiger partial charge is 0.505 e. The van der Waals surface area contributed by atoms with Gasteiger partial charge in [-0.2, -0.15) is 0 Å². The fourth-order valence-corrected chi connectivity index (χ4v) is 3.94. The van der Waals surface area contributed by atoms with E-state index < -0.39 is 51.9 Å². The summed E-state index contributed by atoms with van der Waals surface area (Å²) in [5.74, 6) is -6.26. The molecule has 0 aliphatic heterocycles. The average molecular weight is 364 g/mol. The van der Waals surface area contributed by atoms with Crippen LogP contribution < -0.4 is 4.72 Å². The molecule has 1 aliphatic rings. The number of fused-ring (bicyclic) bond motifs is 1. The van der Waals surface area contributed by atoms with Crippen molar-refractivity contribution in [2.45, 2.75) is 30.1 Å². The third-order valence-corrected chi connectivity index (χ3v) is 5.22. The Kier molecular flexibility index (Phi) is 3.74. The first kappa shape index (κ1) is 16.6. The number of benzene rings is 1. The summed E-state index contributed by atoms with van der Waals surface area (Å²) in [7, 11) is -4.32. The summed E-state index contributed by atoms with van der Waals surface area (Å²) in [5.41, 5.74) is -0.390. The standard InChI is InChI=1S/C14H12F4N2O3S/c15-8-4-12(21)9(16)3-10(8)20-24(22,23)13-6-19-11-5-14(17,18)2-1-7(11)13/h3-4,6,19-21H,1-2,5H2. The van der Waals surface area contributed by atoms with Crippen molar-refractivity contribution in [3.63, 3.8) is 0 Å². The SMILES string of the molecule is O=S(=O)(Nc1cc(F)c(O)cc1F)c1c[nH]c2c1CCC(F)(F)C2. The number of anilines is 1. The second-order valence-corrected chi connectivity index (χ2v) is 7.18. The number of aromatic nitrogens is 1. The summed E-state index contributed by atoms with van der Waals surface area (Å²) in [6, 6.07) is 0.926. The Balaban J connectivity index is 1.96. The van der Waals surface area contributed by atoms with Gasteiger partial charge in [-0.15, -0.1) is 0 Å². The van der Waals surface area contributed by atoms with Gasteiger partial charge in [-0.05, 0) is 12.0 Å². The second kappa shape index (κ2) is 5.40. The fourth-order valence-electron chi connectivity index (χ4n) is 2.62. The molecule has 5 nitrogen and oxygen atoms in total. The van der Waals surface area contributed by atoms with Crippen LogP contribution >= 0.6 is 0 Å². The molecule has 1 aromatic heterocycles. The van der Waals surface area contributed by atoms with Gasteiger partial charge in [-0.1, -0.05) is 0 Å². The van der Waals surface area contributed by atoms with Crippen molar-refractivity contribution in [3.05, 3.63) is 41.2 Å². The molecule has 0 bridgehead atoms. The molecule has 1 heterocycles. The van der Waals surface area contributed by atoms with E-state index in [0.29, 0.717) is 12.1 Å². The van der Waals surface area contributed by atoms with Gasteiger partial charge >= 0.3 is 0 Å². The highest BCUT2D eigenvalue weighted by Gasteiger charge is 2.37. The zero-order chi connectivity index (χ0) is 17.7. The van der Waals surface area contributed by atoms with Crippen molar-refractivity contribution < 1.29 is 31.1 Å². The Morgan fingerprint density at radius 3 is 2.62 bits per heavy atom. The van der Waals surface area contributed by atoms with Crippen molar-refractivity contribution >= 4 is 15.7 Å². The molecule has 130 valence electrons. The van der Waals surface area contributed by atoms with Crippen LogP contribution in [0.15, 0.2) is 23.2 Å². The van der Waals surface area contributed by atoms with Crippen LogP contribution in [0.3, 0.4) is 0 Å². The van der Waals surface area contributed by atoms with Gasteiger partial charge in [0.1, 0.15) is 4.90 Å². The highest BCUT2D eigenvalue weighted by molar-refractivity contribution is 7.92. The van der Waals surface area contributed by atoms with Crippen LogP contribution in [0.2, 0.25) is 0 Å². The van der Waals surface area contributed by atoms with E-state index in [4.69, 9.17) is 5.11 Å². The van der Waals surface area contributed by atoms with Crippen molar-refractivity contribution in [2.75, 3.05) is 4.72 Å². The Bertz CT molecular complexity index is 909. The quantitative estimate of drug-likeness (QED) is 0.579. The minimum Gasteiger partial charge on any atom is -0.505 e. The number of hydrogen-bond acceptors (Lipinski definition) is 3. The van der Waals surface area contributed by atoms with E-state index in [1.54, 1.807) is 0 Å². The van der Waals surface area contributed by atoms with Crippen LogP contribution in [0, 0.1) is 11.6 Å². The van der Waals surface area contributed by atoms with E-state index in [1.807, 2.05) is 4.72 Å². The lowest BCUT2D eigenvalue weighted by Crippen LogP contribution is -2.26. The monoisotopic (exact) mass is 364 g/mol. The van der Waals surface area contributed by atoms with Gasteiger partial charge in [-0.3, -0.25) is 4.72 Å². The van der Waals surface area contributed by atoms with E-state index >= 15 is 0 Å². The number of halogens is 4. The summed E-state index contributed by atoms with van der Waals surface area (Å²) < 4.78 is 80.3. The van der Waals surface area contributed by atoms with E-state index in [0.717, 1.165) is 6.20 Å². The van der Waals surface area contributed by atoms with Gasteiger partial charge in [0, 0.05) is 30.4 Å². The molecule has 0 radical (unpaired) electrons. The smallest absolute Gasteiger partial charge is 0.263 e. The van der Waals surface area contributed by atoms with Crippen LogP contribution in [-0.2, 0) is 22.9 Å². The predicted molar refractivity (Wildman–Crippen MR) is 76.6 cm³/mol. The molecular formula is C14H12F4N2O3S.